The van der Waals surface area contributed by atoms with Gasteiger partial charge in [0.25, 0.3) is 0 Å². The number of rotatable bonds is 5. The first-order valence-corrected chi connectivity index (χ1v) is 7.81. The fourth-order valence-electron chi connectivity index (χ4n) is 2.00. The molecule has 0 fully saturated rings. The van der Waals surface area contributed by atoms with Crippen molar-refractivity contribution in [1.82, 2.24) is 0 Å². The van der Waals surface area contributed by atoms with E-state index in [4.69, 9.17) is 22.1 Å². The highest BCUT2D eigenvalue weighted by molar-refractivity contribution is 9.10. The van der Waals surface area contributed by atoms with Crippen LogP contribution in [0.15, 0.2) is 46.9 Å². The summed E-state index contributed by atoms with van der Waals surface area (Å²) in [6.07, 6.45) is 0.369. The van der Waals surface area contributed by atoms with Gasteiger partial charge in [-0.1, -0.05) is 52.7 Å². The maximum Gasteiger partial charge on any atom is 0.145 e. The largest absolute Gasteiger partial charge is 0.484 e. The van der Waals surface area contributed by atoms with Crippen molar-refractivity contribution in [1.29, 1.82) is 0 Å². The molecule has 0 heterocycles. The van der Waals surface area contributed by atoms with Crippen LogP contribution in [-0.2, 0) is 0 Å². The second-order valence-corrected chi connectivity index (χ2v) is 5.97. The molecule has 0 aliphatic carbocycles. The van der Waals surface area contributed by atoms with Gasteiger partial charge >= 0.3 is 0 Å². The van der Waals surface area contributed by atoms with Gasteiger partial charge in [-0.2, -0.15) is 0 Å². The van der Waals surface area contributed by atoms with E-state index in [2.05, 4.69) is 15.9 Å². The van der Waals surface area contributed by atoms with Gasteiger partial charge in [0.15, 0.2) is 0 Å². The van der Waals surface area contributed by atoms with E-state index < -0.39 is 5.82 Å². The Hall–Kier alpha value is -1.10. The van der Waals surface area contributed by atoms with Crippen LogP contribution in [0.4, 0.5) is 4.39 Å². The van der Waals surface area contributed by atoms with Crippen LogP contribution in [0, 0.1) is 5.82 Å². The Balaban J connectivity index is 2.33. The second kappa shape index (κ2) is 7.25. The Morgan fingerprint density at radius 3 is 2.62 bits per heavy atom. The lowest BCUT2D eigenvalue weighted by Gasteiger charge is -2.25. The SMILES string of the molecule is CCC(N)C(Oc1ccc(Cl)c(F)c1)c1ccccc1Br. The summed E-state index contributed by atoms with van der Waals surface area (Å²) in [5.41, 5.74) is 7.10. The molecule has 0 spiro atoms. The van der Waals surface area contributed by atoms with Crippen LogP contribution in [0.5, 0.6) is 5.75 Å². The summed E-state index contributed by atoms with van der Waals surface area (Å²) in [5.74, 6) is -0.105. The highest BCUT2D eigenvalue weighted by Crippen LogP contribution is 2.31. The lowest BCUT2D eigenvalue weighted by molar-refractivity contribution is 0.169. The van der Waals surface area contributed by atoms with E-state index >= 15 is 0 Å². The van der Waals surface area contributed by atoms with Gasteiger partial charge in [0.1, 0.15) is 17.7 Å². The monoisotopic (exact) mass is 371 g/mol. The number of hydrogen-bond acceptors (Lipinski definition) is 2. The van der Waals surface area contributed by atoms with E-state index in [0.717, 1.165) is 16.5 Å². The maximum atomic E-state index is 13.5. The molecule has 5 heteroatoms. The van der Waals surface area contributed by atoms with E-state index in [1.165, 1.54) is 12.1 Å². The zero-order chi connectivity index (χ0) is 15.4. The molecular weight excluding hydrogens is 357 g/mol. The molecule has 0 amide bonds. The molecule has 21 heavy (non-hydrogen) atoms. The standard InChI is InChI=1S/C16H16BrClFNO/c1-2-15(20)16(11-5-3-4-6-12(11)17)21-10-7-8-13(18)14(19)9-10/h3-9,15-16H,2,20H2,1H3. The molecule has 2 unspecified atom stereocenters. The van der Waals surface area contributed by atoms with E-state index in [1.807, 2.05) is 31.2 Å². The molecule has 2 atom stereocenters. The zero-order valence-corrected chi connectivity index (χ0v) is 13.9. The quantitative estimate of drug-likeness (QED) is 0.792. The Bertz CT molecular complexity index is 623. The molecule has 2 aromatic carbocycles. The second-order valence-electron chi connectivity index (χ2n) is 4.71. The Kier molecular flexibility index (Phi) is 5.62. The molecule has 2 rings (SSSR count). The number of halogens is 3. The highest BCUT2D eigenvalue weighted by Gasteiger charge is 2.23. The average molecular weight is 373 g/mol. The van der Waals surface area contributed by atoms with Gasteiger partial charge in [-0.05, 0) is 24.6 Å². The summed E-state index contributed by atoms with van der Waals surface area (Å²) >= 11 is 9.19. The van der Waals surface area contributed by atoms with E-state index in [9.17, 15) is 4.39 Å². The van der Waals surface area contributed by atoms with Crippen molar-refractivity contribution >= 4 is 27.5 Å². The topological polar surface area (TPSA) is 35.2 Å². The van der Waals surface area contributed by atoms with E-state index in [-0.39, 0.29) is 17.2 Å². The highest BCUT2D eigenvalue weighted by atomic mass is 79.9. The first kappa shape index (κ1) is 16.3. The molecule has 0 aliphatic heterocycles. The van der Waals surface area contributed by atoms with E-state index in [1.54, 1.807) is 6.07 Å². The van der Waals surface area contributed by atoms with Crippen molar-refractivity contribution in [2.24, 2.45) is 5.73 Å². The molecule has 2 N–H and O–H groups in total. The smallest absolute Gasteiger partial charge is 0.145 e. The molecular formula is C16H16BrClFNO. The van der Waals surface area contributed by atoms with Gasteiger partial charge in [-0.3, -0.25) is 0 Å². The van der Waals surface area contributed by atoms with Gasteiger partial charge in [-0.25, -0.2) is 4.39 Å². The molecule has 2 aromatic rings. The third-order valence-corrected chi connectivity index (χ3v) is 4.25. The Morgan fingerprint density at radius 1 is 1.29 bits per heavy atom. The molecule has 0 bridgehead atoms. The van der Waals surface area contributed by atoms with Crippen LogP contribution in [0.1, 0.15) is 25.0 Å². The Labute approximate surface area is 137 Å². The minimum atomic E-state index is -0.509. The molecule has 0 aromatic heterocycles. The van der Waals surface area contributed by atoms with Gasteiger partial charge in [0, 0.05) is 22.1 Å². The number of nitrogens with two attached hydrogens (primary N) is 1. The normalized spacial score (nSPS) is 13.8. The van der Waals surface area contributed by atoms with Gasteiger partial charge in [0.2, 0.25) is 0 Å². The minimum absolute atomic E-state index is 0.0691. The van der Waals surface area contributed by atoms with Crippen LogP contribution >= 0.6 is 27.5 Å². The van der Waals surface area contributed by atoms with Crippen LogP contribution in [0.25, 0.3) is 0 Å². The summed E-state index contributed by atoms with van der Waals surface area (Å²) in [7, 11) is 0. The number of hydrogen-bond donors (Lipinski definition) is 1. The number of benzene rings is 2. The number of ether oxygens (including phenoxy) is 1. The van der Waals surface area contributed by atoms with Gasteiger partial charge in [0.05, 0.1) is 5.02 Å². The summed E-state index contributed by atoms with van der Waals surface area (Å²) in [5, 5.41) is 0.0691. The van der Waals surface area contributed by atoms with Crippen molar-refractivity contribution in [3.63, 3.8) is 0 Å². The molecule has 0 saturated heterocycles. The first-order chi connectivity index (χ1) is 10.0. The summed E-state index contributed by atoms with van der Waals surface area (Å²) in [6, 6.07) is 11.9. The molecule has 112 valence electrons. The van der Waals surface area contributed by atoms with Crippen molar-refractivity contribution in [2.45, 2.75) is 25.5 Å². The lowest BCUT2D eigenvalue weighted by atomic mass is 10.0. The van der Waals surface area contributed by atoms with Crippen LogP contribution in [0.3, 0.4) is 0 Å². The Morgan fingerprint density at radius 2 is 2.00 bits per heavy atom. The van der Waals surface area contributed by atoms with Crippen molar-refractivity contribution in [3.05, 3.63) is 63.3 Å². The van der Waals surface area contributed by atoms with Crippen molar-refractivity contribution < 1.29 is 9.13 Å². The maximum absolute atomic E-state index is 13.5. The third-order valence-electron chi connectivity index (χ3n) is 3.23. The van der Waals surface area contributed by atoms with Crippen LogP contribution in [-0.4, -0.2) is 6.04 Å². The first-order valence-electron chi connectivity index (χ1n) is 6.64. The van der Waals surface area contributed by atoms with Gasteiger partial charge in [-0.15, -0.1) is 0 Å². The molecule has 0 aliphatic rings. The fourth-order valence-corrected chi connectivity index (χ4v) is 2.63. The predicted octanol–water partition coefficient (Wildman–Crippen LogP) is 5.10. The zero-order valence-electron chi connectivity index (χ0n) is 11.5. The van der Waals surface area contributed by atoms with Crippen LogP contribution in [0.2, 0.25) is 5.02 Å². The van der Waals surface area contributed by atoms with Gasteiger partial charge < -0.3 is 10.5 Å². The third kappa shape index (κ3) is 3.96. The fraction of sp³-hybridized carbons (Fsp3) is 0.250. The van der Waals surface area contributed by atoms with E-state index in [0.29, 0.717) is 5.75 Å². The summed E-state index contributed by atoms with van der Waals surface area (Å²) in [6.45, 7) is 1.99. The summed E-state index contributed by atoms with van der Waals surface area (Å²) in [4.78, 5) is 0. The summed E-state index contributed by atoms with van der Waals surface area (Å²) < 4.78 is 20.4. The molecule has 0 radical (unpaired) electrons. The van der Waals surface area contributed by atoms with Crippen molar-refractivity contribution in [3.8, 4) is 5.75 Å². The lowest BCUT2D eigenvalue weighted by Crippen LogP contribution is -2.31. The van der Waals surface area contributed by atoms with Crippen LogP contribution < -0.4 is 10.5 Å². The molecule has 0 saturated carbocycles. The predicted molar refractivity (Wildman–Crippen MR) is 87.2 cm³/mol. The molecule has 2 nitrogen and oxygen atoms in total. The minimum Gasteiger partial charge on any atom is -0.484 e. The van der Waals surface area contributed by atoms with Crippen molar-refractivity contribution in [2.75, 3.05) is 0 Å². The average Bonchev–Trinajstić information content (AvgIpc) is 2.48.